The van der Waals surface area contributed by atoms with Gasteiger partial charge in [-0.15, -0.1) is 0 Å². The molecule has 3 N–H and O–H groups in total. The average Bonchev–Trinajstić information content (AvgIpc) is 2.47. The molecule has 21 heavy (non-hydrogen) atoms. The summed E-state index contributed by atoms with van der Waals surface area (Å²) in [5, 5.41) is 3.13. The van der Waals surface area contributed by atoms with E-state index in [2.05, 4.69) is 41.8 Å². The Balaban J connectivity index is 2.18. The zero-order valence-electron chi connectivity index (χ0n) is 11.8. The number of aryl methyl sites for hydroxylation is 1. The molecule has 0 bridgehead atoms. The summed E-state index contributed by atoms with van der Waals surface area (Å²) in [4.78, 5) is 0. The van der Waals surface area contributed by atoms with Gasteiger partial charge in [-0.2, -0.15) is 0 Å². The van der Waals surface area contributed by atoms with Gasteiger partial charge in [0.25, 0.3) is 0 Å². The highest BCUT2D eigenvalue weighted by molar-refractivity contribution is 6.30. The molecule has 0 aromatic heterocycles. The van der Waals surface area contributed by atoms with Crippen molar-refractivity contribution >= 4 is 22.4 Å². The van der Waals surface area contributed by atoms with Crippen LogP contribution in [0.3, 0.4) is 0 Å². The van der Waals surface area contributed by atoms with Crippen molar-refractivity contribution in [1.29, 1.82) is 0 Å². The second kappa shape index (κ2) is 5.86. The van der Waals surface area contributed by atoms with Gasteiger partial charge in [-0.3, -0.25) is 5.84 Å². The first-order chi connectivity index (χ1) is 10.2. The van der Waals surface area contributed by atoms with Gasteiger partial charge in [0.2, 0.25) is 0 Å². The van der Waals surface area contributed by atoms with Crippen molar-refractivity contribution in [2.75, 3.05) is 0 Å². The van der Waals surface area contributed by atoms with Crippen LogP contribution in [0.5, 0.6) is 0 Å². The first kappa shape index (κ1) is 14.1. The molecule has 0 aliphatic rings. The molecule has 0 radical (unpaired) electrons. The fourth-order valence-electron chi connectivity index (χ4n) is 2.80. The molecule has 3 heteroatoms. The van der Waals surface area contributed by atoms with E-state index in [-0.39, 0.29) is 6.04 Å². The SMILES string of the molecule is Cc1cc(Cl)cc(C(NN)c2cccc3ccccc23)c1. The van der Waals surface area contributed by atoms with Gasteiger partial charge in [0.05, 0.1) is 6.04 Å². The summed E-state index contributed by atoms with van der Waals surface area (Å²) in [6, 6.07) is 20.5. The minimum atomic E-state index is -0.0894. The quantitative estimate of drug-likeness (QED) is 0.557. The zero-order valence-corrected chi connectivity index (χ0v) is 12.6. The highest BCUT2D eigenvalue weighted by Crippen LogP contribution is 2.30. The van der Waals surface area contributed by atoms with Crippen molar-refractivity contribution in [3.63, 3.8) is 0 Å². The predicted molar refractivity (Wildman–Crippen MR) is 89.3 cm³/mol. The number of halogens is 1. The monoisotopic (exact) mass is 296 g/mol. The molecule has 0 heterocycles. The second-order valence-corrected chi connectivity index (χ2v) is 5.67. The Labute approximate surface area is 129 Å². The number of rotatable bonds is 3. The van der Waals surface area contributed by atoms with E-state index in [1.165, 1.54) is 10.8 Å². The maximum Gasteiger partial charge on any atom is 0.0716 e. The maximum atomic E-state index is 6.19. The van der Waals surface area contributed by atoms with Gasteiger partial charge in [-0.25, -0.2) is 5.43 Å². The summed E-state index contributed by atoms with van der Waals surface area (Å²) in [5.74, 6) is 5.83. The third-order valence-corrected chi connectivity index (χ3v) is 3.92. The Morgan fingerprint density at radius 1 is 1.00 bits per heavy atom. The van der Waals surface area contributed by atoms with Crippen molar-refractivity contribution in [2.24, 2.45) is 5.84 Å². The molecular weight excluding hydrogens is 280 g/mol. The number of hydrazine groups is 1. The van der Waals surface area contributed by atoms with Gasteiger partial charge in [0.15, 0.2) is 0 Å². The Morgan fingerprint density at radius 2 is 1.76 bits per heavy atom. The van der Waals surface area contributed by atoms with Gasteiger partial charge in [0.1, 0.15) is 0 Å². The molecule has 1 atom stereocenters. The topological polar surface area (TPSA) is 38.0 Å². The van der Waals surface area contributed by atoms with E-state index in [4.69, 9.17) is 17.4 Å². The number of hydrogen-bond donors (Lipinski definition) is 2. The lowest BCUT2D eigenvalue weighted by atomic mass is 9.93. The molecule has 0 aliphatic heterocycles. The van der Waals surface area contributed by atoms with E-state index in [0.29, 0.717) is 0 Å². The van der Waals surface area contributed by atoms with Crippen molar-refractivity contribution in [2.45, 2.75) is 13.0 Å². The van der Waals surface area contributed by atoms with Gasteiger partial charge in [0, 0.05) is 5.02 Å². The Hall–Kier alpha value is -1.87. The van der Waals surface area contributed by atoms with Crippen molar-refractivity contribution in [3.8, 4) is 0 Å². The van der Waals surface area contributed by atoms with Crippen LogP contribution in [0.25, 0.3) is 10.8 Å². The van der Waals surface area contributed by atoms with Crippen molar-refractivity contribution < 1.29 is 0 Å². The molecule has 2 nitrogen and oxygen atoms in total. The highest BCUT2D eigenvalue weighted by Gasteiger charge is 2.15. The molecule has 0 spiro atoms. The van der Waals surface area contributed by atoms with Crippen LogP contribution in [0.2, 0.25) is 5.02 Å². The largest absolute Gasteiger partial charge is 0.271 e. The van der Waals surface area contributed by atoms with Crippen LogP contribution < -0.4 is 11.3 Å². The third kappa shape index (κ3) is 2.79. The molecule has 0 aliphatic carbocycles. The fourth-order valence-corrected chi connectivity index (χ4v) is 3.10. The number of fused-ring (bicyclic) bond motifs is 1. The Bertz CT molecular complexity index is 758. The normalized spacial score (nSPS) is 12.5. The van der Waals surface area contributed by atoms with E-state index in [0.717, 1.165) is 21.7 Å². The second-order valence-electron chi connectivity index (χ2n) is 5.23. The standard InChI is InChI=1S/C18H17ClN2/c1-12-9-14(11-15(19)10-12)18(21-20)17-8-4-6-13-5-2-3-7-16(13)17/h2-11,18,21H,20H2,1H3. The van der Waals surface area contributed by atoms with Crippen LogP contribution in [-0.4, -0.2) is 0 Å². The van der Waals surface area contributed by atoms with Gasteiger partial charge >= 0.3 is 0 Å². The molecular formula is C18H17ClN2. The van der Waals surface area contributed by atoms with Crippen LogP contribution >= 0.6 is 11.6 Å². The minimum absolute atomic E-state index is 0.0894. The molecule has 0 fully saturated rings. The summed E-state index contributed by atoms with van der Waals surface area (Å²) < 4.78 is 0. The van der Waals surface area contributed by atoms with Crippen LogP contribution in [0.1, 0.15) is 22.7 Å². The first-order valence-corrected chi connectivity index (χ1v) is 7.28. The zero-order chi connectivity index (χ0) is 14.8. The maximum absolute atomic E-state index is 6.19. The first-order valence-electron chi connectivity index (χ1n) is 6.90. The molecule has 0 saturated carbocycles. The smallest absolute Gasteiger partial charge is 0.0716 e. The van der Waals surface area contributed by atoms with E-state index in [1.54, 1.807) is 0 Å². The number of nitrogens with one attached hydrogen (secondary N) is 1. The predicted octanol–water partition coefficient (Wildman–Crippen LogP) is 4.35. The third-order valence-electron chi connectivity index (χ3n) is 3.70. The van der Waals surface area contributed by atoms with Crippen molar-refractivity contribution in [1.82, 2.24) is 5.43 Å². The minimum Gasteiger partial charge on any atom is -0.271 e. The van der Waals surface area contributed by atoms with E-state index in [1.807, 2.05) is 31.2 Å². The van der Waals surface area contributed by atoms with Gasteiger partial charge in [-0.05, 0) is 46.5 Å². The summed E-state index contributed by atoms with van der Waals surface area (Å²) in [6.07, 6.45) is 0. The summed E-state index contributed by atoms with van der Waals surface area (Å²) in [7, 11) is 0. The van der Waals surface area contributed by atoms with E-state index >= 15 is 0 Å². The van der Waals surface area contributed by atoms with Crippen LogP contribution in [0, 0.1) is 6.92 Å². The fraction of sp³-hybridized carbons (Fsp3) is 0.111. The van der Waals surface area contributed by atoms with Crippen LogP contribution in [-0.2, 0) is 0 Å². The summed E-state index contributed by atoms with van der Waals surface area (Å²) in [6.45, 7) is 2.03. The highest BCUT2D eigenvalue weighted by atomic mass is 35.5. The van der Waals surface area contributed by atoms with Crippen LogP contribution in [0.15, 0.2) is 60.7 Å². The van der Waals surface area contributed by atoms with Crippen LogP contribution in [0.4, 0.5) is 0 Å². The lowest BCUT2D eigenvalue weighted by Crippen LogP contribution is -2.29. The average molecular weight is 297 g/mol. The van der Waals surface area contributed by atoms with E-state index < -0.39 is 0 Å². The summed E-state index contributed by atoms with van der Waals surface area (Å²) >= 11 is 6.19. The van der Waals surface area contributed by atoms with Crippen molar-refractivity contribution in [3.05, 3.63) is 82.4 Å². The van der Waals surface area contributed by atoms with Gasteiger partial charge < -0.3 is 0 Å². The lowest BCUT2D eigenvalue weighted by molar-refractivity contribution is 0.640. The van der Waals surface area contributed by atoms with Gasteiger partial charge in [-0.1, -0.05) is 60.1 Å². The molecule has 0 amide bonds. The number of nitrogens with two attached hydrogens (primary N) is 1. The Kier molecular flexibility index (Phi) is 3.93. The summed E-state index contributed by atoms with van der Waals surface area (Å²) in [5.41, 5.74) is 6.26. The molecule has 1 unspecified atom stereocenters. The number of hydrogen-bond acceptors (Lipinski definition) is 2. The van der Waals surface area contributed by atoms with E-state index in [9.17, 15) is 0 Å². The molecule has 3 rings (SSSR count). The molecule has 3 aromatic rings. The number of benzene rings is 3. The lowest BCUT2D eigenvalue weighted by Gasteiger charge is -2.20. The molecule has 0 saturated heterocycles. The molecule has 106 valence electrons. The Morgan fingerprint density at radius 3 is 2.52 bits per heavy atom. The molecule has 3 aromatic carbocycles.